The van der Waals surface area contributed by atoms with Crippen LogP contribution >= 0.6 is 0 Å². The highest BCUT2D eigenvalue weighted by molar-refractivity contribution is 5.80. The van der Waals surface area contributed by atoms with Crippen molar-refractivity contribution in [3.63, 3.8) is 0 Å². The topological polar surface area (TPSA) is 56.7 Å². The number of halogens is 3. The van der Waals surface area contributed by atoms with Gasteiger partial charge in [0.15, 0.2) is 5.96 Å². The molecular formula is C20H30F3N3O. The molecule has 7 heteroatoms. The lowest BCUT2D eigenvalue weighted by Gasteiger charge is -2.29. The molecule has 3 N–H and O–H groups in total. The fourth-order valence-electron chi connectivity index (χ4n) is 3.22. The van der Waals surface area contributed by atoms with Gasteiger partial charge in [-0.25, -0.2) is 0 Å². The molecule has 1 aliphatic carbocycles. The Morgan fingerprint density at radius 3 is 2.37 bits per heavy atom. The highest BCUT2D eigenvalue weighted by atomic mass is 19.4. The molecule has 4 nitrogen and oxygen atoms in total. The Morgan fingerprint density at radius 1 is 1.15 bits per heavy atom. The summed E-state index contributed by atoms with van der Waals surface area (Å²) in [5.74, 6) is 0.666. The molecule has 0 heterocycles. The number of guanidine groups is 1. The van der Waals surface area contributed by atoms with Gasteiger partial charge in [-0.15, -0.1) is 0 Å². The van der Waals surface area contributed by atoms with E-state index in [2.05, 4.69) is 15.6 Å². The van der Waals surface area contributed by atoms with Gasteiger partial charge < -0.3 is 15.7 Å². The third-order valence-corrected chi connectivity index (χ3v) is 4.99. The lowest BCUT2D eigenvalue weighted by Crippen LogP contribution is -2.45. The third kappa shape index (κ3) is 6.41. The van der Waals surface area contributed by atoms with E-state index >= 15 is 0 Å². The van der Waals surface area contributed by atoms with E-state index < -0.39 is 17.2 Å². The summed E-state index contributed by atoms with van der Waals surface area (Å²) < 4.78 is 39.0. The fourth-order valence-corrected chi connectivity index (χ4v) is 3.22. The Morgan fingerprint density at radius 2 is 1.78 bits per heavy atom. The summed E-state index contributed by atoms with van der Waals surface area (Å²) in [6, 6.07) is 5.71. The second kappa shape index (κ2) is 8.95. The molecule has 1 saturated carbocycles. The maximum atomic E-state index is 13.0. The maximum Gasteiger partial charge on any atom is 0.416 e. The summed E-state index contributed by atoms with van der Waals surface area (Å²) in [5, 5.41) is 16.2. The number of aliphatic hydroxyl groups excluding tert-OH is 1. The molecule has 0 bridgehead atoms. The predicted octanol–water partition coefficient (Wildman–Crippen LogP) is 3.84. The SMILES string of the molecule is CCNC(=NCC(C)(C)c1cccc(C(F)(F)F)c1)NC1CCC(O)CC1. The number of rotatable bonds is 5. The Kier molecular flexibility index (Phi) is 7.14. The van der Waals surface area contributed by atoms with Crippen LogP contribution in [0.1, 0.15) is 57.6 Å². The van der Waals surface area contributed by atoms with Crippen molar-refractivity contribution in [3.05, 3.63) is 35.4 Å². The molecule has 1 aromatic carbocycles. The molecule has 0 amide bonds. The van der Waals surface area contributed by atoms with Crippen LogP contribution in [0.2, 0.25) is 0 Å². The molecule has 0 aromatic heterocycles. The van der Waals surface area contributed by atoms with Crippen LogP contribution in [-0.2, 0) is 11.6 Å². The van der Waals surface area contributed by atoms with Gasteiger partial charge in [-0.3, -0.25) is 4.99 Å². The molecule has 27 heavy (non-hydrogen) atoms. The summed E-state index contributed by atoms with van der Waals surface area (Å²) >= 11 is 0. The number of alkyl halides is 3. The zero-order valence-electron chi connectivity index (χ0n) is 16.2. The number of hydrogen-bond donors (Lipinski definition) is 3. The Hall–Kier alpha value is -1.76. The van der Waals surface area contributed by atoms with Crippen LogP contribution in [0.15, 0.2) is 29.3 Å². The van der Waals surface area contributed by atoms with E-state index in [1.807, 2.05) is 20.8 Å². The zero-order valence-corrected chi connectivity index (χ0v) is 16.2. The smallest absolute Gasteiger partial charge is 0.393 e. The average molecular weight is 385 g/mol. The van der Waals surface area contributed by atoms with E-state index in [4.69, 9.17) is 0 Å². The predicted molar refractivity (Wildman–Crippen MR) is 102 cm³/mol. The summed E-state index contributed by atoms with van der Waals surface area (Å²) in [5.41, 5.74) is -0.563. The molecule has 0 radical (unpaired) electrons. The van der Waals surface area contributed by atoms with Gasteiger partial charge >= 0.3 is 6.18 Å². The second-order valence-corrected chi connectivity index (χ2v) is 7.81. The van der Waals surface area contributed by atoms with Gasteiger partial charge in [0.25, 0.3) is 0 Å². The molecule has 0 saturated heterocycles. The van der Waals surface area contributed by atoms with Crippen LogP contribution in [0.25, 0.3) is 0 Å². The first-order valence-corrected chi connectivity index (χ1v) is 9.52. The highest BCUT2D eigenvalue weighted by Gasteiger charge is 2.32. The number of nitrogens with one attached hydrogen (secondary N) is 2. The van der Waals surface area contributed by atoms with Crippen molar-refractivity contribution in [2.24, 2.45) is 4.99 Å². The summed E-state index contributed by atoms with van der Waals surface area (Å²) in [6.07, 6.45) is -1.27. The van der Waals surface area contributed by atoms with Crippen molar-refractivity contribution in [3.8, 4) is 0 Å². The van der Waals surface area contributed by atoms with Gasteiger partial charge in [0.05, 0.1) is 18.2 Å². The van der Waals surface area contributed by atoms with Crippen LogP contribution < -0.4 is 10.6 Å². The minimum Gasteiger partial charge on any atom is -0.393 e. The Bertz CT molecular complexity index is 636. The van der Waals surface area contributed by atoms with Gasteiger partial charge in [0.1, 0.15) is 0 Å². The normalized spacial score (nSPS) is 21.8. The van der Waals surface area contributed by atoms with Gasteiger partial charge in [0, 0.05) is 18.0 Å². The summed E-state index contributed by atoms with van der Waals surface area (Å²) in [6.45, 7) is 6.82. The standard InChI is InChI=1S/C20H30F3N3O/c1-4-24-18(26-16-8-10-17(27)11-9-16)25-13-19(2,3)14-6-5-7-15(12-14)20(21,22)23/h5-7,12,16-17,27H,4,8-11,13H2,1-3H3,(H2,24,25,26). The molecular weight excluding hydrogens is 355 g/mol. The van der Waals surface area contributed by atoms with Crippen LogP contribution in [0, 0.1) is 0 Å². The van der Waals surface area contributed by atoms with Gasteiger partial charge in [0.2, 0.25) is 0 Å². The quantitative estimate of drug-likeness (QED) is 0.533. The van der Waals surface area contributed by atoms with E-state index in [9.17, 15) is 18.3 Å². The van der Waals surface area contributed by atoms with Crippen molar-refractivity contribution in [2.75, 3.05) is 13.1 Å². The fraction of sp³-hybridized carbons (Fsp3) is 0.650. The Labute approximate surface area is 159 Å². The van der Waals surface area contributed by atoms with Crippen LogP contribution in [0.5, 0.6) is 0 Å². The summed E-state index contributed by atoms with van der Waals surface area (Å²) in [4.78, 5) is 4.62. The van der Waals surface area contributed by atoms with Gasteiger partial charge in [-0.05, 0) is 44.2 Å². The van der Waals surface area contributed by atoms with Crippen LogP contribution in [0.3, 0.4) is 0 Å². The van der Waals surface area contributed by atoms with E-state index in [1.54, 1.807) is 6.07 Å². The number of benzene rings is 1. The second-order valence-electron chi connectivity index (χ2n) is 7.81. The molecule has 0 atom stereocenters. The molecule has 1 aromatic rings. The third-order valence-electron chi connectivity index (χ3n) is 4.99. The van der Waals surface area contributed by atoms with Crippen molar-refractivity contribution in [2.45, 2.75) is 70.2 Å². The molecule has 152 valence electrons. The van der Waals surface area contributed by atoms with E-state index in [-0.39, 0.29) is 12.1 Å². The number of hydrogen-bond acceptors (Lipinski definition) is 2. The van der Waals surface area contributed by atoms with Crippen LogP contribution in [0.4, 0.5) is 13.2 Å². The zero-order chi connectivity index (χ0) is 20.1. The highest BCUT2D eigenvalue weighted by Crippen LogP contribution is 2.33. The molecule has 2 rings (SSSR count). The first kappa shape index (κ1) is 21.5. The van der Waals surface area contributed by atoms with Crippen molar-refractivity contribution in [1.82, 2.24) is 10.6 Å². The van der Waals surface area contributed by atoms with Gasteiger partial charge in [-0.2, -0.15) is 13.2 Å². The molecule has 1 aliphatic rings. The van der Waals surface area contributed by atoms with Gasteiger partial charge in [-0.1, -0.05) is 32.0 Å². The van der Waals surface area contributed by atoms with E-state index in [0.717, 1.165) is 31.7 Å². The summed E-state index contributed by atoms with van der Waals surface area (Å²) in [7, 11) is 0. The molecule has 0 spiro atoms. The number of aliphatic hydroxyl groups is 1. The minimum atomic E-state index is -4.35. The number of aliphatic imine (C=N–C) groups is 1. The molecule has 0 unspecified atom stereocenters. The first-order valence-electron chi connectivity index (χ1n) is 9.52. The van der Waals surface area contributed by atoms with Crippen molar-refractivity contribution in [1.29, 1.82) is 0 Å². The van der Waals surface area contributed by atoms with Crippen molar-refractivity contribution >= 4 is 5.96 Å². The first-order chi connectivity index (χ1) is 12.6. The molecule has 0 aliphatic heterocycles. The Balaban J connectivity index is 2.09. The van der Waals surface area contributed by atoms with E-state index in [1.165, 1.54) is 12.1 Å². The van der Waals surface area contributed by atoms with Crippen molar-refractivity contribution < 1.29 is 18.3 Å². The average Bonchev–Trinajstić information content (AvgIpc) is 2.61. The minimum absolute atomic E-state index is 0.220. The lowest BCUT2D eigenvalue weighted by molar-refractivity contribution is -0.137. The lowest BCUT2D eigenvalue weighted by atomic mass is 9.84. The monoisotopic (exact) mass is 385 g/mol. The van der Waals surface area contributed by atoms with E-state index in [0.29, 0.717) is 24.6 Å². The largest absolute Gasteiger partial charge is 0.416 e. The van der Waals surface area contributed by atoms with Crippen LogP contribution in [-0.4, -0.2) is 36.3 Å². The number of nitrogens with zero attached hydrogens (tertiary/aromatic N) is 1. The molecule has 1 fully saturated rings. The maximum absolute atomic E-state index is 13.0.